The molecule has 0 spiro atoms. The third-order valence-electron chi connectivity index (χ3n) is 5.65. The summed E-state index contributed by atoms with van der Waals surface area (Å²) in [5.74, 6) is 0.0726. The lowest BCUT2D eigenvalue weighted by atomic mass is 9.79. The molecule has 0 fully saturated rings. The number of hydrogen-bond donors (Lipinski definition) is 0. The van der Waals surface area contributed by atoms with E-state index in [1.165, 1.54) is 11.3 Å². The molecule has 0 amide bonds. The lowest BCUT2D eigenvalue weighted by Crippen LogP contribution is -2.58. The number of Topliss-reactive ketones (excluding diaryl/α,β-unsaturated/α-hetero) is 1. The Morgan fingerprint density at radius 1 is 1.17 bits per heavy atom. The minimum Gasteiger partial charge on any atom is -0.465 e. The first kappa shape index (κ1) is 18.8. The number of carbonyl (C=O) groups excluding carboxylic acids is 1. The number of thiazole rings is 1. The molecule has 0 saturated heterocycles. The van der Waals surface area contributed by atoms with Gasteiger partial charge in [0, 0.05) is 5.56 Å². The smallest absolute Gasteiger partial charge is 0.270 e. The van der Waals surface area contributed by atoms with Crippen molar-refractivity contribution in [1.82, 2.24) is 4.57 Å². The van der Waals surface area contributed by atoms with Gasteiger partial charge < -0.3 is 4.74 Å². The van der Waals surface area contributed by atoms with Crippen LogP contribution in [-0.4, -0.2) is 16.1 Å². The normalized spacial score (nSPS) is 24.7. The minimum atomic E-state index is -1.03. The van der Waals surface area contributed by atoms with E-state index >= 15 is 0 Å². The Balaban J connectivity index is 1.70. The topological polar surface area (TPSA) is 60.7 Å². The molecule has 3 aromatic rings. The number of carbonyl (C=O) groups is 1. The highest BCUT2D eigenvalue weighted by Crippen LogP contribution is 2.47. The molecule has 3 heterocycles. The van der Waals surface area contributed by atoms with E-state index in [4.69, 9.17) is 9.73 Å². The highest BCUT2D eigenvalue weighted by atomic mass is 32.1. The molecule has 150 valence electrons. The summed E-state index contributed by atoms with van der Waals surface area (Å²) < 4.78 is 8.44. The van der Waals surface area contributed by atoms with Gasteiger partial charge in [-0.3, -0.25) is 14.2 Å². The van der Waals surface area contributed by atoms with E-state index in [0.29, 0.717) is 15.1 Å². The Labute approximate surface area is 177 Å². The minimum absolute atomic E-state index is 0.0426. The summed E-state index contributed by atoms with van der Waals surface area (Å²) in [5, 5.41) is 0. The lowest BCUT2D eigenvalue weighted by Gasteiger charge is -2.45. The molecule has 0 aliphatic carbocycles. The summed E-state index contributed by atoms with van der Waals surface area (Å²) in [7, 11) is 0. The van der Waals surface area contributed by atoms with Crippen molar-refractivity contribution in [2.24, 2.45) is 10.9 Å². The largest absolute Gasteiger partial charge is 0.465 e. The fourth-order valence-electron chi connectivity index (χ4n) is 4.38. The van der Waals surface area contributed by atoms with Gasteiger partial charge in [0.15, 0.2) is 4.80 Å². The number of aromatic nitrogens is 1. The Morgan fingerprint density at radius 3 is 2.67 bits per heavy atom. The van der Waals surface area contributed by atoms with E-state index in [9.17, 15) is 9.59 Å². The summed E-state index contributed by atoms with van der Waals surface area (Å²) in [5.41, 5.74) is 0.741. The highest BCUT2D eigenvalue weighted by Gasteiger charge is 2.53. The second-order valence-electron chi connectivity index (χ2n) is 7.70. The zero-order valence-electron chi connectivity index (χ0n) is 16.6. The predicted molar refractivity (Wildman–Crippen MR) is 117 cm³/mol. The first-order chi connectivity index (χ1) is 14.5. The van der Waals surface area contributed by atoms with Crippen molar-refractivity contribution in [1.29, 1.82) is 0 Å². The van der Waals surface area contributed by atoms with Gasteiger partial charge in [0.05, 0.1) is 10.6 Å². The highest BCUT2D eigenvalue weighted by molar-refractivity contribution is 7.07. The molecule has 3 unspecified atom stereocenters. The molecule has 5 rings (SSSR count). The van der Waals surface area contributed by atoms with Crippen molar-refractivity contribution < 1.29 is 9.53 Å². The van der Waals surface area contributed by atoms with Crippen LogP contribution in [0.2, 0.25) is 0 Å². The van der Waals surface area contributed by atoms with E-state index in [1.807, 2.05) is 79.7 Å². The van der Waals surface area contributed by atoms with Gasteiger partial charge in [-0.05, 0) is 31.6 Å². The number of hydrogen-bond acceptors (Lipinski definition) is 5. The van der Waals surface area contributed by atoms with Crippen molar-refractivity contribution in [2.45, 2.75) is 25.6 Å². The van der Waals surface area contributed by atoms with E-state index in [2.05, 4.69) is 0 Å². The standard InChI is InChI=1S/C24H20N2O3S/c1-15(27)20-21-17-12-6-7-13-18(17)29-24(20,2)25-23-26(21)22(28)19(30-23)14-8-11-16-9-4-3-5-10-16/h3-14,20-21H,1-2H3/b11-8+,19-14-. The average Bonchev–Trinajstić information content (AvgIpc) is 3.02. The number of fused-ring (bicyclic) bond motifs is 6. The van der Waals surface area contributed by atoms with Gasteiger partial charge in [-0.15, -0.1) is 0 Å². The second-order valence-corrected chi connectivity index (χ2v) is 8.71. The van der Waals surface area contributed by atoms with Gasteiger partial charge in [0.25, 0.3) is 5.56 Å². The van der Waals surface area contributed by atoms with Crippen LogP contribution in [0.15, 0.2) is 70.5 Å². The van der Waals surface area contributed by atoms with E-state index in [-0.39, 0.29) is 11.3 Å². The molecule has 2 aromatic carbocycles. The van der Waals surface area contributed by atoms with Crippen LogP contribution in [0.1, 0.15) is 31.0 Å². The van der Waals surface area contributed by atoms with Crippen molar-refractivity contribution in [3.05, 3.63) is 91.5 Å². The zero-order valence-corrected chi connectivity index (χ0v) is 17.4. The second kappa shape index (κ2) is 6.92. The van der Waals surface area contributed by atoms with Crippen LogP contribution in [0, 0.1) is 5.92 Å². The van der Waals surface area contributed by atoms with Gasteiger partial charge in [0.2, 0.25) is 5.72 Å². The van der Waals surface area contributed by atoms with E-state index in [1.54, 1.807) is 11.5 Å². The molecule has 6 heteroatoms. The summed E-state index contributed by atoms with van der Waals surface area (Å²) >= 11 is 1.33. The lowest BCUT2D eigenvalue weighted by molar-refractivity contribution is -0.132. The average molecular weight is 417 g/mol. The molecular weight excluding hydrogens is 396 g/mol. The molecule has 2 bridgehead atoms. The molecule has 5 nitrogen and oxygen atoms in total. The van der Waals surface area contributed by atoms with Gasteiger partial charge in [-0.1, -0.05) is 72.0 Å². The zero-order chi connectivity index (χ0) is 20.9. The maximum Gasteiger partial charge on any atom is 0.270 e. The summed E-state index contributed by atoms with van der Waals surface area (Å²) in [6, 6.07) is 17.1. The molecule has 1 aromatic heterocycles. The molecule has 0 radical (unpaired) electrons. The van der Waals surface area contributed by atoms with Crippen molar-refractivity contribution in [2.75, 3.05) is 0 Å². The Bertz CT molecular complexity index is 1350. The fourth-order valence-corrected chi connectivity index (χ4v) is 5.43. The maximum absolute atomic E-state index is 13.3. The van der Waals surface area contributed by atoms with Crippen LogP contribution < -0.4 is 19.6 Å². The van der Waals surface area contributed by atoms with Crippen molar-refractivity contribution in [3.63, 3.8) is 0 Å². The first-order valence-corrected chi connectivity index (χ1v) is 10.6. The fraction of sp³-hybridized carbons (Fsp3) is 0.208. The van der Waals surface area contributed by atoms with Crippen LogP contribution in [0.25, 0.3) is 12.2 Å². The molecule has 2 aliphatic heterocycles. The number of nitrogens with zero attached hydrogens (tertiary/aromatic N) is 2. The summed E-state index contributed by atoms with van der Waals surface area (Å²) in [6.45, 7) is 3.37. The number of ketones is 1. The number of benzene rings is 2. The third kappa shape index (κ3) is 2.87. The monoisotopic (exact) mass is 416 g/mol. The van der Waals surface area contributed by atoms with Gasteiger partial charge >= 0.3 is 0 Å². The van der Waals surface area contributed by atoms with E-state index < -0.39 is 17.7 Å². The molecular formula is C24H20N2O3S. The molecule has 0 saturated carbocycles. The number of ether oxygens (including phenoxy) is 1. The molecule has 30 heavy (non-hydrogen) atoms. The van der Waals surface area contributed by atoms with Crippen molar-refractivity contribution >= 4 is 29.3 Å². The summed E-state index contributed by atoms with van der Waals surface area (Å²) in [4.78, 5) is 31.3. The Morgan fingerprint density at radius 2 is 1.90 bits per heavy atom. The Kier molecular flexibility index (Phi) is 4.33. The van der Waals surface area contributed by atoms with Gasteiger partial charge in [-0.25, -0.2) is 4.99 Å². The molecule has 3 atom stereocenters. The van der Waals surface area contributed by atoms with Gasteiger partial charge in [-0.2, -0.15) is 0 Å². The van der Waals surface area contributed by atoms with Gasteiger partial charge in [0.1, 0.15) is 17.5 Å². The van der Waals surface area contributed by atoms with E-state index in [0.717, 1.165) is 11.1 Å². The molecule has 2 aliphatic rings. The summed E-state index contributed by atoms with van der Waals surface area (Å²) in [6.07, 6.45) is 5.63. The number of rotatable bonds is 3. The number of para-hydroxylation sites is 1. The third-order valence-corrected chi connectivity index (χ3v) is 6.65. The predicted octanol–water partition coefficient (Wildman–Crippen LogP) is 2.94. The van der Waals surface area contributed by atoms with Crippen LogP contribution in [-0.2, 0) is 4.79 Å². The molecule has 0 N–H and O–H groups in total. The first-order valence-electron chi connectivity index (χ1n) is 9.81. The maximum atomic E-state index is 13.3. The van der Waals surface area contributed by atoms with Crippen LogP contribution >= 0.6 is 11.3 Å². The van der Waals surface area contributed by atoms with Crippen LogP contribution in [0.5, 0.6) is 5.75 Å². The van der Waals surface area contributed by atoms with Crippen LogP contribution in [0.3, 0.4) is 0 Å². The Hall–Kier alpha value is -3.25. The SMILES string of the molecule is CC(=O)C1C2c3ccccc3OC1(C)N=c1s/c(=C\C=C\c3ccccc3)c(=O)n12. The quantitative estimate of drug-likeness (QED) is 0.660. The number of allylic oxidation sites excluding steroid dienone is 1. The van der Waals surface area contributed by atoms with Crippen LogP contribution in [0.4, 0.5) is 0 Å². The van der Waals surface area contributed by atoms with Crippen molar-refractivity contribution in [3.8, 4) is 5.75 Å².